The highest BCUT2D eigenvalue weighted by Crippen LogP contribution is 2.42. The monoisotopic (exact) mass is 286 g/mol. The minimum absolute atomic E-state index is 0.00243. The lowest BCUT2D eigenvalue weighted by atomic mass is 9.80. The van der Waals surface area contributed by atoms with Gasteiger partial charge in [-0.15, -0.1) is 0 Å². The molecule has 0 aliphatic heterocycles. The van der Waals surface area contributed by atoms with Crippen LogP contribution in [0.2, 0.25) is 5.02 Å². The SMILES string of the molecule is COc1ccc(Cl)c2c1C(=O)CCC2CC(=O)Cl. The Morgan fingerprint density at radius 1 is 1.50 bits per heavy atom. The zero-order valence-corrected chi connectivity index (χ0v) is 11.3. The van der Waals surface area contributed by atoms with Crippen LogP contribution in [0.4, 0.5) is 0 Å². The second-order valence-corrected chi connectivity index (χ2v) is 5.09. The van der Waals surface area contributed by atoms with Gasteiger partial charge in [-0.3, -0.25) is 9.59 Å². The molecular formula is C13H12Cl2O3. The van der Waals surface area contributed by atoms with Crippen molar-refractivity contribution in [3.8, 4) is 5.75 Å². The van der Waals surface area contributed by atoms with Crippen LogP contribution < -0.4 is 4.74 Å². The predicted octanol–water partition coefficient (Wildman–Crippen LogP) is 3.56. The molecule has 0 saturated heterocycles. The first kappa shape index (κ1) is 13.4. The van der Waals surface area contributed by atoms with Crippen molar-refractivity contribution < 1.29 is 14.3 Å². The van der Waals surface area contributed by atoms with Crippen LogP contribution in [0.5, 0.6) is 5.75 Å². The van der Waals surface area contributed by atoms with E-state index < -0.39 is 5.24 Å². The summed E-state index contributed by atoms with van der Waals surface area (Å²) < 4.78 is 5.19. The maximum atomic E-state index is 12.0. The van der Waals surface area contributed by atoms with Crippen molar-refractivity contribution in [2.45, 2.75) is 25.2 Å². The first-order valence-electron chi connectivity index (χ1n) is 5.62. The van der Waals surface area contributed by atoms with Crippen molar-refractivity contribution in [2.24, 2.45) is 0 Å². The summed E-state index contributed by atoms with van der Waals surface area (Å²) in [5.74, 6) is 0.402. The number of Topliss-reactive ketones (excluding diaryl/α,β-unsaturated/α-hetero) is 1. The maximum absolute atomic E-state index is 12.0. The Morgan fingerprint density at radius 2 is 2.22 bits per heavy atom. The molecule has 5 heteroatoms. The van der Waals surface area contributed by atoms with Crippen LogP contribution in [0, 0.1) is 0 Å². The summed E-state index contributed by atoms with van der Waals surface area (Å²) >= 11 is 11.6. The number of hydrogen-bond acceptors (Lipinski definition) is 3. The predicted molar refractivity (Wildman–Crippen MR) is 69.8 cm³/mol. The van der Waals surface area contributed by atoms with Gasteiger partial charge in [-0.05, 0) is 41.6 Å². The normalized spacial score (nSPS) is 18.4. The van der Waals surface area contributed by atoms with Gasteiger partial charge in [0.1, 0.15) is 5.75 Å². The van der Waals surface area contributed by atoms with E-state index in [4.69, 9.17) is 27.9 Å². The quantitative estimate of drug-likeness (QED) is 0.798. The van der Waals surface area contributed by atoms with Crippen LogP contribution in [0.1, 0.15) is 41.1 Å². The molecule has 3 nitrogen and oxygen atoms in total. The first-order valence-corrected chi connectivity index (χ1v) is 6.38. The van der Waals surface area contributed by atoms with Gasteiger partial charge in [-0.2, -0.15) is 0 Å². The topological polar surface area (TPSA) is 43.4 Å². The molecule has 0 aromatic heterocycles. The number of benzene rings is 1. The summed E-state index contributed by atoms with van der Waals surface area (Å²) in [7, 11) is 1.51. The van der Waals surface area contributed by atoms with Crippen LogP contribution in [0.3, 0.4) is 0 Å². The standard InChI is InChI=1S/C13H12Cl2O3/c1-18-10-5-3-8(14)12-7(6-11(15)17)2-4-9(16)13(10)12/h3,5,7H,2,4,6H2,1H3. The van der Waals surface area contributed by atoms with E-state index in [0.717, 1.165) is 0 Å². The van der Waals surface area contributed by atoms with E-state index in [1.165, 1.54) is 7.11 Å². The summed E-state index contributed by atoms with van der Waals surface area (Å²) in [6, 6.07) is 3.35. The fraction of sp³-hybridized carbons (Fsp3) is 0.385. The number of methoxy groups -OCH3 is 1. The lowest BCUT2D eigenvalue weighted by Crippen LogP contribution is -2.18. The molecule has 0 amide bonds. The smallest absolute Gasteiger partial charge is 0.222 e. The largest absolute Gasteiger partial charge is 0.496 e. The molecule has 1 aliphatic rings. The zero-order chi connectivity index (χ0) is 13.3. The van der Waals surface area contributed by atoms with E-state index in [0.29, 0.717) is 34.7 Å². The molecule has 1 aromatic carbocycles. The molecule has 1 aromatic rings. The Bertz CT molecular complexity index is 511. The van der Waals surface area contributed by atoms with Gasteiger partial charge >= 0.3 is 0 Å². The van der Waals surface area contributed by atoms with Crippen LogP contribution >= 0.6 is 23.2 Å². The van der Waals surface area contributed by atoms with E-state index in [9.17, 15) is 9.59 Å². The van der Waals surface area contributed by atoms with E-state index in [2.05, 4.69) is 0 Å². The fourth-order valence-electron chi connectivity index (χ4n) is 2.40. The van der Waals surface area contributed by atoms with E-state index in [1.807, 2.05) is 0 Å². The van der Waals surface area contributed by atoms with E-state index in [-0.39, 0.29) is 18.1 Å². The van der Waals surface area contributed by atoms with Gasteiger partial charge in [0.25, 0.3) is 0 Å². The molecule has 96 valence electrons. The van der Waals surface area contributed by atoms with Crippen molar-refractivity contribution in [2.75, 3.05) is 7.11 Å². The number of rotatable bonds is 3. The average molecular weight is 287 g/mol. The van der Waals surface area contributed by atoms with Crippen LogP contribution in [0.25, 0.3) is 0 Å². The first-order chi connectivity index (χ1) is 8.54. The maximum Gasteiger partial charge on any atom is 0.222 e. The highest BCUT2D eigenvalue weighted by atomic mass is 35.5. The van der Waals surface area contributed by atoms with Crippen molar-refractivity contribution in [3.63, 3.8) is 0 Å². The molecule has 0 radical (unpaired) electrons. The third kappa shape index (κ3) is 2.38. The molecule has 0 bridgehead atoms. The number of ketones is 1. The van der Waals surface area contributed by atoms with Gasteiger partial charge in [0, 0.05) is 17.9 Å². The minimum Gasteiger partial charge on any atom is -0.496 e. The number of hydrogen-bond donors (Lipinski definition) is 0. The van der Waals surface area contributed by atoms with Crippen molar-refractivity contribution >= 4 is 34.2 Å². The van der Waals surface area contributed by atoms with Crippen molar-refractivity contribution in [3.05, 3.63) is 28.3 Å². The Kier molecular flexibility index (Phi) is 3.93. The summed E-state index contributed by atoms with van der Waals surface area (Å²) in [4.78, 5) is 23.1. The fourth-order valence-corrected chi connectivity index (χ4v) is 2.90. The van der Waals surface area contributed by atoms with Gasteiger partial charge < -0.3 is 4.74 Å². The second kappa shape index (κ2) is 5.29. The van der Waals surface area contributed by atoms with Crippen LogP contribution in [0.15, 0.2) is 12.1 Å². The Morgan fingerprint density at radius 3 is 2.83 bits per heavy atom. The van der Waals surface area contributed by atoms with Crippen molar-refractivity contribution in [1.29, 1.82) is 0 Å². The number of carbonyl (C=O) groups excluding carboxylic acids is 2. The third-order valence-corrected chi connectivity index (χ3v) is 3.67. The molecule has 0 saturated carbocycles. The zero-order valence-electron chi connectivity index (χ0n) is 9.83. The molecule has 1 unspecified atom stereocenters. The molecule has 0 N–H and O–H groups in total. The Balaban J connectivity index is 2.56. The summed E-state index contributed by atoms with van der Waals surface area (Å²) in [5, 5.41) is 0.0703. The summed E-state index contributed by atoms with van der Waals surface area (Å²) in [5.41, 5.74) is 1.19. The van der Waals surface area contributed by atoms with Gasteiger partial charge in [0.15, 0.2) is 5.78 Å². The molecule has 1 atom stereocenters. The number of fused-ring (bicyclic) bond motifs is 1. The molecule has 2 rings (SSSR count). The summed E-state index contributed by atoms with van der Waals surface area (Å²) in [6.45, 7) is 0. The lowest BCUT2D eigenvalue weighted by Gasteiger charge is -2.26. The number of halogens is 2. The average Bonchev–Trinajstić information content (AvgIpc) is 2.32. The van der Waals surface area contributed by atoms with Crippen molar-refractivity contribution in [1.82, 2.24) is 0 Å². The van der Waals surface area contributed by atoms with Gasteiger partial charge in [0.05, 0.1) is 12.7 Å². The minimum atomic E-state index is -0.417. The Hall–Kier alpha value is -1.06. The van der Waals surface area contributed by atoms with Gasteiger partial charge in [-0.25, -0.2) is 0 Å². The van der Waals surface area contributed by atoms with E-state index in [1.54, 1.807) is 12.1 Å². The van der Waals surface area contributed by atoms with Crippen LogP contribution in [-0.2, 0) is 4.79 Å². The van der Waals surface area contributed by atoms with Crippen LogP contribution in [-0.4, -0.2) is 18.1 Å². The molecule has 1 aliphatic carbocycles. The Labute approximate surface area is 115 Å². The lowest BCUT2D eigenvalue weighted by molar-refractivity contribution is -0.112. The molecule has 0 heterocycles. The third-order valence-electron chi connectivity index (χ3n) is 3.19. The molecular weight excluding hydrogens is 275 g/mol. The number of carbonyl (C=O) groups is 2. The molecule has 0 spiro atoms. The highest BCUT2D eigenvalue weighted by molar-refractivity contribution is 6.63. The van der Waals surface area contributed by atoms with E-state index >= 15 is 0 Å². The van der Waals surface area contributed by atoms with Gasteiger partial charge in [0.2, 0.25) is 5.24 Å². The van der Waals surface area contributed by atoms with Gasteiger partial charge in [-0.1, -0.05) is 11.6 Å². The molecule has 18 heavy (non-hydrogen) atoms. The summed E-state index contributed by atoms with van der Waals surface area (Å²) in [6.07, 6.45) is 1.17. The second-order valence-electron chi connectivity index (χ2n) is 4.26. The highest BCUT2D eigenvalue weighted by Gasteiger charge is 2.31. The molecule has 0 fully saturated rings. The number of ether oxygens (including phenoxy) is 1.